The number of hydrogen-bond acceptors (Lipinski definition) is 5. The summed E-state index contributed by atoms with van der Waals surface area (Å²) in [6, 6.07) is 5.52. The van der Waals surface area contributed by atoms with E-state index in [1.807, 2.05) is 23.1 Å². The lowest BCUT2D eigenvalue weighted by Crippen LogP contribution is -2.40. The van der Waals surface area contributed by atoms with E-state index in [0.717, 1.165) is 29.7 Å². The van der Waals surface area contributed by atoms with Crippen LogP contribution in [-0.2, 0) is 22.6 Å². The molecule has 9 heteroatoms. The third kappa shape index (κ3) is 3.81. The van der Waals surface area contributed by atoms with Crippen LogP contribution in [0.5, 0.6) is 0 Å². The minimum Gasteiger partial charge on any atom is -0.346 e. The van der Waals surface area contributed by atoms with Crippen molar-refractivity contribution >= 4 is 29.6 Å². The van der Waals surface area contributed by atoms with Gasteiger partial charge in [0.1, 0.15) is 6.10 Å². The van der Waals surface area contributed by atoms with Gasteiger partial charge in [0.2, 0.25) is 5.91 Å². The number of amides is 4. The number of nitrogens with one attached hydrogen (secondary N) is 3. The zero-order chi connectivity index (χ0) is 20.0. The summed E-state index contributed by atoms with van der Waals surface area (Å²) in [6.45, 7) is 0.909. The Morgan fingerprint density at radius 3 is 3.03 bits per heavy atom. The van der Waals surface area contributed by atoms with Gasteiger partial charge in [0.15, 0.2) is 6.23 Å². The maximum atomic E-state index is 13.0. The smallest absolute Gasteiger partial charge is 0.315 e. The van der Waals surface area contributed by atoms with Crippen molar-refractivity contribution in [3.8, 4) is 0 Å². The monoisotopic (exact) mass is 416 g/mol. The van der Waals surface area contributed by atoms with Crippen LogP contribution in [0.15, 0.2) is 18.2 Å². The molecule has 8 nitrogen and oxygen atoms in total. The summed E-state index contributed by atoms with van der Waals surface area (Å²) in [5, 5.41) is 8.86. The first-order valence-corrected chi connectivity index (χ1v) is 11.2. The second-order valence-corrected chi connectivity index (χ2v) is 9.26. The van der Waals surface area contributed by atoms with Crippen LogP contribution >= 0.6 is 11.8 Å². The first-order valence-electron chi connectivity index (χ1n) is 10.1. The summed E-state index contributed by atoms with van der Waals surface area (Å²) in [6.07, 6.45) is 2.79. The molecule has 3 saturated heterocycles. The summed E-state index contributed by atoms with van der Waals surface area (Å²) >= 11 is 1.77. The van der Waals surface area contributed by atoms with E-state index < -0.39 is 0 Å². The number of rotatable bonds is 4. The predicted octanol–water partition coefficient (Wildman–Crippen LogP) is 1.30. The van der Waals surface area contributed by atoms with Crippen LogP contribution in [-0.4, -0.2) is 52.2 Å². The number of thioether (sulfide) groups is 1. The topological polar surface area (TPSA) is 103 Å². The van der Waals surface area contributed by atoms with Crippen molar-refractivity contribution in [1.82, 2.24) is 20.9 Å². The Balaban J connectivity index is 1.22. The van der Waals surface area contributed by atoms with Crippen LogP contribution in [0.2, 0.25) is 0 Å². The first kappa shape index (κ1) is 18.7. The number of carbonyl (C=O) groups excluding carboxylic acids is 3. The Kier molecular flexibility index (Phi) is 4.87. The third-order valence-corrected chi connectivity index (χ3v) is 7.24. The molecule has 4 aliphatic heterocycles. The van der Waals surface area contributed by atoms with Crippen molar-refractivity contribution in [2.24, 2.45) is 0 Å². The van der Waals surface area contributed by atoms with E-state index >= 15 is 0 Å². The van der Waals surface area contributed by atoms with Crippen LogP contribution in [0, 0.1) is 0 Å². The molecule has 154 valence electrons. The van der Waals surface area contributed by atoms with Gasteiger partial charge in [-0.1, -0.05) is 12.1 Å². The number of fused-ring (bicyclic) bond motifs is 2. The van der Waals surface area contributed by atoms with Gasteiger partial charge in [0.25, 0.3) is 5.91 Å². The van der Waals surface area contributed by atoms with E-state index in [1.165, 1.54) is 0 Å². The summed E-state index contributed by atoms with van der Waals surface area (Å²) in [5.74, 6) is 1.04. The molecule has 1 aromatic carbocycles. The molecule has 0 radical (unpaired) electrons. The normalized spacial score (nSPS) is 30.3. The highest BCUT2D eigenvalue weighted by Crippen LogP contribution is 2.36. The van der Waals surface area contributed by atoms with Gasteiger partial charge in [-0.05, 0) is 42.2 Å². The zero-order valence-electron chi connectivity index (χ0n) is 16.0. The molecule has 4 heterocycles. The molecule has 3 N–H and O–H groups in total. The SMILES string of the molecule is O=C1CCC(N2Cc3ccc(CNC(=O)NC4CCCS4)cc3C2=O)C2OC2N1. The van der Waals surface area contributed by atoms with Gasteiger partial charge in [-0.2, -0.15) is 0 Å². The van der Waals surface area contributed by atoms with Gasteiger partial charge < -0.3 is 25.6 Å². The van der Waals surface area contributed by atoms with Crippen LogP contribution in [0.25, 0.3) is 0 Å². The molecule has 0 saturated carbocycles. The Morgan fingerprint density at radius 1 is 1.31 bits per heavy atom. The molecule has 0 aliphatic carbocycles. The van der Waals surface area contributed by atoms with Gasteiger partial charge in [0, 0.05) is 25.1 Å². The van der Waals surface area contributed by atoms with Gasteiger partial charge in [-0.3, -0.25) is 9.59 Å². The van der Waals surface area contributed by atoms with Gasteiger partial charge in [-0.25, -0.2) is 4.79 Å². The average Bonchev–Trinajstić information content (AvgIpc) is 3.15. The van der Waals surface area contributed by atoms with Gasteiger partial charge in [-0.15, -0.1) is 11.8 Å². The van der Waals surface area contributed by atoms with Crippen molar-refractivity contribution in [3.05, 3.63) is 34.9 Å². The maximum absolute atomic E-state index is 13.0. The second-order valence-electron chi connectivity index (χ2n) is 7.95. The molecule has 4 atom stereocenters. The quantitative estimate of drug-likeness (QED) is 0.642. The Morgan fingerprint density at radius 2 is 2.21 bits per heavy atom. The van der Waals surface area contributed by atoms with E-state index in [0.29, 0.717) is 31.5 Å². The summed E-state index contributed by atoms with van der Waals surface area (Å²) in [4.78, 5) is 38.7. The lowest BCUT2D eigenvalue weighted by molar-refractivity contribution is -0.121. The molecular weight excluding hydrogens is 392 g/mol. The fraction of sp³-hybridized carbons (Fsp3) is 0.550. The molecule has 3 fully saturated rings. The first-order chi connectivity index (χ1) is 14.1. The third-order valence-electron chi connectivity index (χ3n) is 5.96. The predicted molar refractivity (Wildman–Crippen MR) is 107 cm³/mol. The number of urea groups is 1. The molecule has 0 spiro atoms. The van der Waals surface area contributed by atoms with Crippen molar-refractivity contribution in [2.45, 2.75) is 62.5 Å². The molecule has 4 amide bonds. The van der Waals surface area contributed by atoms with Crippen molar-refractivity contribution in [1.29, 1.82) is 0 Å². The van der Waals surface area contributed by atoms with Crippen LogP contribution in [0.3, 0.4) is 0 Å². The Bertz CT molecular complexity index is 857. The van der Waals surface area contributed by atoms with Crippen LogP contribution in [0.1, 0.15) is 47.2 Å². The standard InChI is InChI=1S/C20H24N4O4S/c25-15-6-5-14(17-18(22-15)28-17)24-10-12-4-3-11(8-13(12)19(24)26)9-21-20(27)23-16-2-1-7-29-16/h3-4,8,14,16-18H,1-2,5-7,9-10H2,(H,22,25)(H2,21,23,27). The Labute approximate surface area is 173 Å². The number of hydrogen-bond donors (Lipinski definition) is 3. The van der Waals surface area contributed by atoms with Crippen molar-refractivity contribution < 1.29 is 19.1 Å². The van der Waals surface area contributed by atoms with E-state index in [9.17, 15) is 14.4 Å². The molecule has 29 heavy (non-hydrogen) atoms. The summed E-state index contributed by atoms with van der Waals surface area (Å²) in [7, 11) is 0. The number of carbonyl (C=O) groups is 3. The lowest BCUT2D eigenvalue weighted by atomic mass is 10.1. The molecule has 5 rings (SSSR count). The fourth-order valence-corrected chi connectivity index (χ4v) is 5.50. The van der Waals surface area contributed by atoms with Crippen molar-refractivity contribution in [3.63, 3.8) is 0 Å². The second kappa shape index (κ2) is 7.53. The summed E-state index contributed by atoms with van der Waals surface area (Å²) in [5.41, 5.74) is 2.55. The molecule has 4 aliphatic rings. The highest BCUT2D eigenvalue weighted by Gasteiger charge is 2.52. The van der Waals surface area contributed by atoms with E-state index in [4.69, 9.17) is 4.74 Å². The molecular formula is C20H24N4O4S. The number of epoxide rings is 1. The number of benzene rings is 1. The van der Waals surface area contributed by atoms with E-state index in [-0.39, 0.29) is 41.6 Å². The van der Waals surface area contributed by atoms with Gasteiger partial charge >= 0.3 is 6.03 Å². The van der Waals surface area contributed by atoms with E-state index in [2.05, 4.69) is 16.0 Å². The molecule has 1 aromatic rings. The molecule has 0 aromatic heterocycles. The van der Waals surface area contributed by atoms with E-state index in [1.54, 1.807) is 11.8 Å². The minimum absolute atomic E-state index is 0.0215. The number of nitrogens with zero attached hydrogens (tertiary/aromatic N) is 1. The maximum Gasteiger partial charge on any atom is 0.315 e. The Hall–Kier alpha value is -2.26. The molecule has 0 bridgehead atoms. The fourth-order valence-electron chi connectivity index (χ4n) is 4.36. The largest absolute Gasteiger partial charge is 0.346 e. The lowest BCUT2D eigenvalue weighted by Gasteiger charge is -2.25. The number of ether oxygens (including phenoxy) is 1. The minimum atomic E-state index is -0.261. The molecule has 4 unspecified atom stereocenters. The average molecular weight is 417 g/mol. The van der Waals surface area contributed by atoms with Crippen LogP contribution in [0.4, 0.5) is 4.79 Å². The highest BCUT2D eigenvalue weighted by molar-refractivity contribution is 8.00. The highest BCUT2D eigenvalue weighted by atomic mass is 32.2. The van der Waals surface area contributed by atoms with Crippen molar-refractivity contribution in [2.75, 3.05) is 5.75 Å². The summed E-state index contributed by atoms with van der Waals surface area (Å²) < 4.78 is 5.56. The van der Waals surface area contributed by atoms with Crippen LogP contribution < -0.4 is 16.0 Å². The van der Waals surface area contributed by atoms with Gasteiger partial charge in [0.05, 0.1) is 11.4 Å². The zero-order valence-corrected chi connectivity index (χ0v) is 16.8.